The van der Waals surface area contributed by atoms with Crippen molar-refractivity contribution in [1.82, 2.24) is 10.2 Å². The van der Waals surface area contributed by atoms with Crippen molar-refractivity contribution in [3.8, 4) is 6.07 Å². The second kappa shape index (κ2) is 9.24. The summed E-state index contributed by atoms with van der Waals surface area (Å²) in [5, 5.41) is 13.2. The standard InChI is InChI=1S/C27H35N5OS/c1-17(2)20-11-9-18(10-12-20)14-22-24(33)32(5)25(29)31-26(22,3)27(4)30-16-23(34-27)21-8-6-7-19(13-21)15-28/h6-9,11-13,17-18,22-23,30H,10,14,16H2,1-5H3,(H2,29,31)/t18?,22?,23?,26-,27?/m0/s1. The lowest BCUT2D eigenvalue weighted by molar-refractivity contribution is -0.135. The fourth-order valence-electron chi connectivity index (χ4n) is 5.28. The number of carbonyl (C=O) groups is 1. The zero-order valence-corrected chi connectivity index (χ0v) is 21.5. The van der Waals surface area contributed by atoms with Crippen molar-refractivity contribution in [3.63, 3.8) is 0 Å². The number of allylic oxidation sites excluding steroid dienone is 4. The number of aliphatic imine (C=N–C) groups is 1. The molecule has 0 bridgehead atoms. The van der Waals surface area contributed by atoms with Crippen LogP contribution in [0.25, 0.3) is 0 Å². The van der Waals surface area contributed by atoms with E-state index in [1.165, 1.54) is 10.5 Å². The Kier molecular flexibility index (Phi) is 6.67. The van der Waals surface area contributed by atoms with Crippen LogP contribution in [0.1, 0.15) is 56.9 Å². The van der Waals surface area contributed by atoms with Gasteiger partial charge in [0.1, 0.15) is 5.54 Å². The van der Waals surface area contributed by atoms with Crippen LogP contribution in [0.5, 0.6) is 0 Å². The number of nitrogens with two attached hydrogens (primary N) is 1. The highest BCUT2D eigenvalue weighted by atomic mass is 32.2. The zero-order valence-electron chi connectivity index (χ0n) is 20.7. The SMILES string of the molecule is CC(C)C1=CCC(CC2C(=O)N(C)C(N)=N[C@]2(C)C2(C)NCC(c3cccc(C#N)c3)S2)C=C1. The highest BCUT2D eigenvalue weighted by Gasteiger charge is 2.59. The molecule has 0 spiro atoms. The highest BCUT2D eigenvalue weighted by molar-refractivity contribution is 8.01. The molecule has 7 heteroatoms. The van der Waals surface area contributed by atoms with Gasteiger partial charge in [0.15, 0.2) is 5.96 Å². The molecule has 1 fully saturated rings. The average Bonchev–Trinajstić information content (AvgIpc) is 3.24. The molecule has 180 valence electrons. The number of hydrogen-bond donors (Lipinski definition) is 2. The summed E-state index contributed by atoms with van der Waals surface area (Å²) in [5.74, 6) is 0.785. The van der Waals surface area contributed by atoms with Gasteiger partial charge in [-0.15, -0.1) is 11.8 Å². The molecule has 3 N–H and O–H groups in total. The number of nitriles is 1. The molecule has 1 aliphatic carbocycles. The second-order valence-corrected chi connectivity index (χ2v) is 11.9. The van der Waals surface area contributed by atoms with Crippen molar-refractivity contribution in [3.05, 3.63) is 59.2 Å². The third-order valence-corrected chi connectivity index (χ3v) is 9.53. The molecule has 4 unspecified atom stereocenters. The van der Waals surface area contributed by atoms with Crippen LogP contribution in [0, 0.1) is 29.1 Å². The van der Waals surface area contributed by atoms with Gasteiger partial charge in [0.2, 0.25) is 5.91 Å². The first-order valence-corrected chi connectivity index (χ1v) is 12.9. The summed E-state index contributed by atoms with van der Waals surface area (Å²) < 4.78 is 0. The van der Waals surface area contributed by atoms with Gasteiger partial charge in [-0.1, -0.05) is 44.2 Å². The monoisotopic (exact) mass is 477 g/mol. The fourth-order valence-corrected chi connectivity index (χ4v) is 6.89. The second-order valence-electron chi connectivity index (χ2n) is 10.3. The van der Waals surface area contributed by atoms with Crippen molar-refractivity contribution in [2.24, 2.45) is 28.5 Å². The van der Waals surface area contributed by atoms with Crippen LogP contribution in [0.15, 0.2) is 53.1 Å². The Hall–Kier alpha value is -2.56. The molecule has 2 aliphatic heterocycles. The minimum Gasteiger partial charge on any atom is -0.369 e. The summed E-state index contributed by atoms with van der Waals surface area (Å²) >= 11 is 1.78. The van der Waals surface area contributed by atoms with Gasteiger partial charge >= 0.3 is 0 Å². The van der Waals surface area contributed by atoms with E-state index in [0.29, 0.717) is 11.5 Å². The van der Waals surface area contributed by atoms with Gasteiger partial charge in [-0.25, -0.2) is 4.99 Å². The van der Waals surface area contributed by atoms with E-state index in [0.717, 1.165) is 24.9 Å². The van der Waals surface area contributed by atoms with Gasteiger partial charge in [0, 0.05) is 18.8 Å². The molecule has 1 amide bonds. The van der Waals surface area contributed by atoms with E-state index in [1.54, 1.807) is 18.8 Å². The third kappa shape index (κ3) is 4.30. The Balaban J connectivity index is 1.62. The largest absolute Gasteiger partial charge is 0.369 e. The summed E-state index contributed by atoms with van der Waals surface area (Å²) in [7, 11) is 1.72. The molecular weight excluding hydrogens is 442 g/mol. The van der Waals surface area contributed by atoms with Crippen LogP contribution < -0.4 is 11.1 Å². The van der Waals surface area contributed by atoms with Crippen molar-refractivity contribution in [1.29, 1.82) is 5.26 Å². The first-order valence-electron chi connectivity index (χ1n) is 12.0. The predicted molar refractivity (Wildman–Crippen MR) is 139 cm³/mol. The van der Waals surface area contributed by atoms with Crippen LogP contribution in [-0.2, 0) is 4.79 Å². The van der Waals surface area contributed by atoms with Gasteiger partial charge < -0.3 is 5.73 Å². The molecule has 1 aromatic carbocycles. The van der Waals surface area contributed by atoms with Crippen LogP contribution in [-0.4, -0.2) is 40.8 Å². The molecule has 0 aromatic heterocycles. The molecule has 2 heterocycles. The number of guanidine groups is 1. The quantitative estimate of drug-likeness (QED) is 0.657. The Morgan fingerprint density at radius 1 is 1.38 bits per heavy atom. The van der Waals surface area contributed by atoms with E-state index in [4.69, 9.17) is 10.7 Å². The van der Waals surface area contributed by atoms with Crippen molar-refractivity contribution in [2.45, 2.75) is 56.2 Å². The summed E-state index contributed by atoms with van der Waals surface area (Å²) in [4.78, 5) is 19.6. The maximum Gasteiger partial charge on any atom is 0.234 e. The lowest BCUT2D eigenvalue weighted by atomic mass is 9.72. The lowest BCUT2D eigenvalue weighted by Gasteiger charge is -2.49. The first-order chi connectivity index (χ1) is 16.1. The van der Waals surface area contributed by atoms with Crippen molar-refractivity contribution in [2.75, 3.05) is 13.6 Å². The van der Waals surface area contributed by atoms with E-state index in [2.05, 4.69) is 63.4 Å². The third-order valence-electron chi connectivity index (χ3n) is 7.78. The van der Waals surface area contributed by atoms with E-state index in [-0.39, 0.29) is 29.0 Å². The molecule has 1 aromatic rings. The summed E-state index contributed by atoms with van der Waals surface area (Å²) in [6.45, 7) is 9.36. The summed E-state index contributed by atoms with van der Waals surface area (Å²) in [5.41, 5.74) is 8.66. The van der Waals surface area contributed by atoms with E-state index >= 15 is 0 Å². The number of rotatable bonds is 5. The molecule has 5 atom stereocenters. The van der Waals surface area contributed by atoms with E-state index in [9.17, 15) is 10.1 Å². The molecule has 0 saturated carbocycles. The number of thioether (sulfide) groups is 1. The van der Waals surface area contributed by atoms with E-state index < -0.39 is 10.4 Å². The fraction of sp³-hybridized carbons (Fsp3) is 0.519. The molecule has 34 heavy (non-hydrogen) atoms. The minimum atomic E-state index is -0.719. The number of amides is 1. The predicted octanol–water partition coefficient (Wildman–Crippen LogP) is 4.36. The molecule has 1 saturated heterocycles. The number of nitrogens with one attached hydrogen (secondary N) is 1. The molecular formula is C27H35N5OS. The van der Waals surface area contributed by atoms with Crippen LogP contribution >= 0.6 is 11.8 Å². The number of hydrogen-bond acceptors (Lipinski definition) is 6. The van der Waals surface area contributed by atoms with Crippen LogP contribution in [0.3, 0.4) is 0 Å². The maximum absolute atomic E-state index is 13.6. The normalized spacial score (nSPS) is 33.6. The first kappa shape index (κ1) is 24.6. The Morgan fingerprint density at radius 2 is 2.15 bits per heavy atom. The lowest BCUT2D eigenvalue weighted by Crippen LogP contribution is -2.65. The smallest absolute Gasteiger partial charge is 0.234 e. The molecule has 3 aliphatic rings. The minimum absolute atomic E-state index is 0.0283. The molecule has 4 rings (SSSR count). The van der Waals surface area contributed by atoms with Gasteiger partial charge in [-0.05, 0) is 61.8 Å². The Morgan fingerprint density at radius 3 is 2.79 bits per heavy atom. The maximum atomic E-state index is 13.6. The number of nitrogens with zero attached hydrogens (tertiary/aromatic N) is 3. The topological polar surface area (TPSA) is 94.5 Å². The molecule has 6 nitrogen and oxygen atoms in total. The molecule has 0 radical (unpaired) electrons. The average molecular weight is 478 g/mol. The van der Waals surface area contributed by atoms with Crippen molar-refractivity contribution >= 4 is 23.6 Å². The van der Waals surface area contributed by atoms with Gasteiger partial charge in [0.25, 0.3) is 0 Å². The van der Waals surface area contributed by atoms with E-state index in [1.807, 2.05) is 18.2 Å². The highest BCUT2D eigenvalue weighted by Crippen LogP contribution is 2.53. The summed E-state index contributed by atoms with van der Waals surface area (Å²) in [6, 6.07) is 10.0. The zero-order chi connectivity index (χ0) is 24.7. The van der Waals surface area contributed by atoms with Crippen molar-refractivity contribution < 1.29 is 4.79 Å². The summed E-state index contributed by atoms with van der Waals surface area (Å²) in [6.07, 6.45) is 8.45. The van der Waals surface area contributed by atoms with Gasteiger partial charge in [-0.3, -0.25) is 15.0 Å². The van der Waals surface area contributed by atoms with Gasteiger partial charge in [0.05, 0.1) is 22.4 Å². The van der Waals surface area contributed by atoms with Crippen LogP contribution in [0.4, 0.5) is 0 Å². The Labute approximate surface area is 207 Å². The number of carbonyl (C=O) groups excluding carboxylic acids is 1. The van der Waals surface area contributed by atoms with Crippen LogP contribution in [0.2, 0.25) is 0 Å². The Bertz CT molecular complexity index is 1100. The number of benzene rings is 1. The van der Waals surface area contributed by atoms with Gasteiger partial charge in [-0.2, -0.15) is 5.26 Å².